The molecule has 1 aromatic heterocycles. The number of fused-ring (bicyclic) bond motifs is 1. The normalized spacial score (nSPS) is 12.4. The summed E-state index contributed by atoms with van der Waals surface area (Å²) in [6.07, 6.45) is 0.982. The zero-order valence-electron chi connectivity index (χ0n) is 14.2. The van der Waals surface area contributed by atoms with Crippen molar-refractivity contribution < 1.29 is 19.0 Å². The molecule has 0 atom stereocenters. The van der Waals surface area contributed by atoms with Gasteiger partial charge in [-0.05, 0) is 32.4 Å². The molecule has 1 amide bonds. The molecule has 7 nitrogen and oxygen atoms in total. The molecule has 2 heterocycles. The van der Waals surface area contributed by atoms with Crippen LogP contribution >= 0.6 is 11.3 Å². The zero-order chi connectivity index (χ0) is 17.6. The number of carbonyl (C=O) groups is 1. The molecular formula is C17H21N3O4S. The molecule has 1 aromatic carbocycles. The topological polar surface area (TPSA) is 81.7 Å². The number of anilines is 2. The summed E-state index contributed by atoms with van der Waals surface area (Å²) in [5, 5.41) is 8.39. The van der Waals surface area contributed by atoms with Gasteiger partial charge in [0, 0.05) is 30.3 Å². The van der Waals surface area contributed by atoms with Crippen molar-refractivity contribution in [3.8, 4) is 11.5 Å². The molecule has 2 aromatic rings. The highest BCUT2D eigenvalue weighted by molar-refractivity contribution is 7.14. The molecular weight excluding hydrogens is 342 g/mol. The minimum Gasteiger partial charge on any atom is -0.454 e. The Morgan fingerprint density at radius 2 is 2.20 bits per heavy atom. The predicted octanol–water partition coefficient (Wildman–Crippen LogP) is 3.16. The number of ether oxygens (including phenoxy) is 3. The van der Waals surface area contributed by atoms with Crippen molar-refractivity contribution in [2.24, 2.45) is 0 Å². The summed E-state index contributed by atoms with van der Waals surface area (Å²) >= 11 is 1.37. The molecule has 0 saturated carbocycles. The summed E-state index contributed by atoms with van der Waals surface area (Å²) in [7, 11) is 0. The fourth-order valence-electron chi connectivity index (χ4n) is 2.22. The number of rotatable bonds is 8. The maximum absolute atomic E-state index is 12.1. The first-order chi connectivity index (χ1) is 12.1. The quantitative estimate of drug-likeness (QED) is 0.701. The van der Waals surface area contributed by atoms with Crippen molar-refractivity contribution in [2.75, 3.05) is 25.3 Å². The minimum absolute atomic E-state index is 0.181. The number of nitrogens with zero attached hydrogens (tertiary/aromatic N) is 1. The Kier molecular flexibility index (Phi) is 5.72. The van der Waals surface area contributed by atoms with Crippen LogP contribution in [0.2, 0.25) is 0 Å². The lowest BCUT2D eigenvalue weighted by Crippen LogP contribution is -2.25. The SMILES string of the molecule is CC(C)OCCCNC(=O)c1csc(Nc2ccc3c(c2)OCO3)n1. The molecule has 0 spiro atoms. The molecule has 1 aliphatic heterocycles. The molecule has 3 rings (SSSR count). The molecule has 0 fully saturated rings. The van der Waals surface area contributed by atoms with Gasteiger partial charge in [0.2, 0.25) is 6.79 Å². The third kappa shape index (κ3) is 4.83. The molecule has 0 saturated heterocycles. The number of amides is 1. The largest absolute Gasteiger partial charge is 0.454 e. The van der Waals surface area contributed by atoms with Crippen molar-refractivity contribution in [3.05, 3.63) is 29.3 Å². The third-order valence-electron chi connectivity index (χ3n) is 3.42. The van der Waals surface area contributed by atoms with E-state index in [0.29, 0.717) is 29.7 Å². The van der Waals surface area contributed by atoms with E-state index in [1.807, 2.05) is 32.0 Å². The average Bonchev–Trinajstić information content (AvgIpc) is 3.23. The Labute approximate surface area is 150 Å². The van der Waals surface area contributed by atoms with Crippen LogP contribution in [0.5, 0.6) is 11.5 Å². The summed E-state index contributed by atoms with van der Waals surface area (Å²) in [6.45, 7) is 5.41. The fourth-order valence-corrected chi connectivity index (χ4v) is 2.93. The van der Waals surface area contributed by atoms with Crippen LogP contribution in [-0.4, -0.2) is 36.9 Å². The maximum Gasteiger partial charge on any atom is 0.270 e. The Balaban J connectivity index is 1.49. The molecule has 134 valence electrons. The van der Waals surface area contributed by atoms with Crippen molar-refractivity contribution in [1.82, 2.24) is 10.3 Å². The number of aromatic nitrogens is 1. The Morgan fingerprint density at radius 3 is 3.04 bits per heavy atom. The molecule has 8 heteroatoms. The Morgan fingerprint density at radius 1 is 1.36 bits per heavy atom. The monoisotopic (exact) mass is 363 g/mol. The van der Waals surface area contributed by atoms with E-state index >= 15 is 0 Å². The molecule has 1 aliphatic rings. The lowest BCUT2D eigenvalue weighted by atomic mass is 10.3. The third-order valence-corrected chi connectivity index (χ3v) is 4.18. The van der Waals surface area contributed by atoms with Gasteiger partial charge in [0.1, 0.15) is 5.69 Å². The number of thiazole rings is 1. The van der Waals surface area contributed by atoms with E-state index in [1.165, 1.54) is 11.3 Å². The summed E-state index contributed by atoms with van der Waals surface area (Å²) in [6, 6.07) is 5.56. The fraction of sp³-hybridized carbons (Fsp3) is 0.412. The van der Waals surface area contributed by atoms with Crippen molar-refractivity contribution in [3.63, 3.8) is 0 Å². The van der Waals surface area contributed by atoms with Crippen molar-refractivity contribution >= 4 is 28.1 Å². The van der Waals surface area contributed by atoms with Crippen LogP contribution in [0.25, 0.3) is 0 Å². The Bertz CT molecular complexity index is 732. The number of nitrogens with one attached hydrogen (secondary N) is 2. The van der Waals surface area contributed by atoms with Gasteiger partial charge in [0.25, 0.3) is 5.91 Å². The minimum atomic E-state index is -0.181. The lowest BCUT2D eigenvalue weighted by Gasteiger charge is -2.07. The standard InChI is InChI=1S/C17H21N3O4S/c1-11(2)22-7-3-6-18-16(21)13-9-25-17(20-13)19-12-4-5-14-15(8-12)24-10-23-14/h4-5,8-9,11H,3,6-7,10H2,1-2H3,(H,18,21)(H,19,20). The van der Waals surface area contributed by atoms with Gasteiger partial charge in [-0.25, -0.2) is 4.98 Å². The van der Waals surface area contributed by atoms with E-state index in [1.54, 1.807) is 5.38 Å². The molecule has 0 aliphatic carbocycles. The first-order valence-corrected chi connectivity index (χ1v) is 9.02. The van der Waals surface area contributed by atoms with Gasteiger partial charge in [-0.3, -0.25) is 4.79 Å². The van der Waals surface area contributed by atoms with E-state index < -0.39 is 0 Å². The summed E-state index contributed by atoms with van der Waals surface area (Å²) in [5.41, 5.74) is 1.23. The number of hydrogen-bond donors (Lipinski definition) is 2. The van der Waals surface area contributed by atoms with Gasteiger partial charge in [-0.1, -0.05) is 0 Å². The second-order valence-electron chi connectivity index (χ2n) is 5.76. The predicted molar refractivity (Wildman–Crippen MR) is 96.0 cm³/mol. The number of benzene rings is 1. The second-order valence-corrected chi connectivity index (χ2v) is 6.62. The van der Waals surface area contributed by atoms with Crippen LogP contribution in [0.4, 0.5) is 10.8 Å². The van der Waals surface area contributed by atoms with Crippen molar-refractivity contribution in [2.45, 2.75) is 26.4 Å². The van der Waals surface area contributed by atoms with Crippen LogP contribution in [0.1, 0.15) is 30.8 Å². The lowest BCUT2D eigenvalue weighted by molar-refractivity contribution is 0.0756. The average molecular weight is 363 g/mol. The molecule has 0 bridgehead atoms. The first kappa shape index (κ1) is 17.5. The van der Waals surface area contributed by atoms with Crippen LogP contribution in [0.15, 0.2) is 23.6 Å². The molecule has 0 radical (unpaired) electrons. The molecule has 25 heavy (non-hydrogen) atoms. The highest BCUT2D eigenvalue weighted by atomic mass is 32.1. The summed E-state index contributed by atoms with van der Waals surface area (Å²) in [5.74, 6) is 1.24. The van der Waals surface area contributed by atoms with Gasteiger partial charge in [-0.2, -0.15) is 0 Å². The van der Waals surface area contributed by atoms with Gasteiger partial charge in [0.15, 0.2) is 16.6 Å². The highest BCUT2D eigenvalue weighted by Crippen LogP contribution is 2.35. The highest BCUT2D eigenvalue weighted by Gasteiger charge is 2.14. The second kappa shape index (κ2) is 8.17. The first-order valence-electron chi connectivity index (χ1n) is 8.14. The smallest absolute Gasteiger partial charge is 0.270 e. The van der Waals surface area contributed by atoms with Crippen LogP contribution in [-0.2, 0) is 4.74 Å². The van der Waals surface area contributed by atoms with E-state index in [9.17, 15) is 4.79 Å². The van der Waals surface area contributed by atoms with E-state index in [0.717, 1.165) is 17.9 Å². The van der Waals surface area contributed by atoms with Crippen LogP contribution < -0.4 is 20.1 Å². The Hall–Kier alpha value is -2.32. The van der Waals surface area contributed by atoms with Crippen LogP contribution in [0.3, 0.4) is 0 Å². The van der Waals surface area contributed by atoms with Crippen LogP contribution in [0, 0.1) is 0 Å². The summed E-state index contributed by atoms with van der Waals surface area (Å²) in [4.78, 5) is 16.4. The molecule has 2 N–H and O–H groups in total. The molecule has 0 unspecified atom stereocenters. The number of hydrogen-bond acceptors (Lipinski definition) is 7. The van der Waals surface area contributed by atoms with Gasteiger partial charge in [-0.15, -0.1) is 11.3 Å². The van der Waals surface area contributed by atoms with Gasteiger partial charge < -0.3 is 24.8 Å². The summed E-state index contributed by atoms with van der Waals surface area (Å²) < 4.78 is 16.1. The van der Waals surface area contributed by atoms with Gasteiger partial charge >= 0.3 is 0 Å². The van der Waals surface area contributed by atoms with E-state index in [-0.39, 0.29) is 18.8 Å². The van der Waals surface area contributed by atoms with Gasteiger partial charge in [0.05, 0.1) is 6.10 Å². The zero-order valence-corrected chi connectivity index (χ0v) is 15.0. The number of carbonyl (C=O) groups excluding carboxylic acids is 1. The van der Waals surface area contributed by atoms with E-state index in [2.05, 4.69) is 15.6 Å². The van der Waals surface area contributed by atoms with E-state index in [4.69, 9.17) is 14.2 Å². The van der Waals surface area contributed by atoms with Crippen molar-refractivity contribution in [1.29, 1.82) is 0 Å². The maximum atomic E-state index is 12.1.